The van der Waals surface area contributed by atoms with Gasteiger partial charge in [0.25, 0.3) is 0 Å². The van der Waals surface area contributed by atoms with Crippen molar-refractivity contribution >= 4 is 0 Å². The lowest BCUT2D eigenvalue weighted by Gasteiger charge is -2.31. The molecule has 2 unspecified atom stereocenters. The van der Waals surface area contributed by atoms with Gasteiger partial charge in [0.2, 0.25) is 0 Å². The summed E-state index contributed by atoms with van der Waals surface area (Å²) in [4.78, 5) is 0. The van der Waals surface area contributed by atoms with Crippen molar-refractivity contribution in [2.24, 2.45) is 0 Å². The summed E-state index contributed by atoms with van der Waals surface area (Å²) in [5, 5.41) is 12.6. The average molecular weight is 219 g/mol. The minimum atomic E-state index is -0.249. The van der Waals surface area contributed by atoms with Crippen molar-refractivity contribution in [1.29, 1.82) is 0 Å². The summed E-state index contributed by atoms with van der Waals surface area (Å²) in [6, 6.07) is 0. The smallest absolute Gasteiger partial charge is 0.0703 e. The van der Waals surface area contributed by atoms with Crippen LogP contribution in [0.25, 0.3) is 0 Å². The monoisotopic (exact) mass is 219 g/mol. The summed E-state index contributed by atoms with van der Waals surface area (Å²) in [6.45, 7) is 8.24. The number of aliphatic hydroxyl groups is 1. The summed E-state index contributed by atoms with van der Waals surface area (Å²) in [7, 11) is 1.66. The Hall–Kier alpha value is -0.160. The Labute approximate surface area is 93.0 Å². The molecule has 0 aliphatic heterocycles. The van der Waals surface area contributed by atoms with E-state index in [9.17, 15) is 5.11 Å². The second-order valence-corrected chi connectivity index (χ2v) is 4.13. The third-order valence-electron chi connectivity index (χ3n) is 2.38. The Bertz CT molecular complexity index is 155. The van der Waals surface area contributed by atoms with E-state index in [-0.39, 0.29) is 18.2 Å². The second-order valence-electron chi connectivity index (χ2n) is 4.13. The number of nitrogens with one attached hydrogen (secondary N) is 1. The van der Waals surface area contributed by atoms with Gasteiger partial charge in [-0.1, -0.05) is 6.92 Å². The lowest BCUT2D eigenvalue weighted by molar-refractivity contribution is 0.00277. The number of likely N-dealkylation sites (N-methyl/N-ethyl adjacent to an activating group) is 1. The van der Waals surface area contributed by atoms with Crippen molar-refractivity contribution in [2.45, 2.75) is 38.8 Å². The van der Waals surface area contributed by atoms with Crippen LogP contribution < -0.4 is 5.32 Å². The molecule has 0 aromatic carbocycles. The second kappa shape index (κ2) is 8.05. The largest absolute Gasteiger partial charge is 0.394 e. The van der Waals surface area contributed by atoms with Crippen LogP contribution in [0.4, 0.5) is 0 Å². The lowest BCUT2D eigenvalue weighted by Crippen LogP contribution is -2.48. The molecule has 0 aliphatic carbocycles. The molecule has 0 saturated carbocycles. The van der Waals surface area contributed by atoms with E-state index in [4.69, 9.17) is 9.47 Å². The molecule has 0 aromatic rings. The van der Waals surface area contributed by atoms with Crippen molar-refractivity contribution in [3.8, 4) is 0 Å². The van der Waals surface area contributed by atoms with Gasteiger partial charge in [-0.05, 0) is 26.8 Å². The molecule has 0 bridgehead atoms. The highest BCUT2D eigenvalue weighted by molar-refractivity contribution is 4.83. The Morgan fingerprint density at radius 2 is 2.07 bits per heavy atom. The molecule has 0 aromatic heterocycles. The summed E-state index contributed by atoms with van der Waals surface area (Å²) in [6.07, 6.45) is 0.914. The van der Waals surface area contributed by atoms with Crippen LogP contribution in [0.15, 0.2) is 0 Å². The molecule has 0 aliphatic rings. The fourth-order valence-electron chi connectivity index (χ4n) is 1.65. The van der Waals surface area contributed by atoms with E-state index in [1.807, 2.05) is 20.8 Å². The van der Waals surface area contributed by atoms with Gasteiger partial charge in [-0.2, -0.15) is 0 Å². The Morgan fingerprint density at radius 1 is 1.40 bits per heavy atom. The van der Waals surface area contributed by atoms with Crippen LogP contribution in [-0.4, -0.2) is 50.2 Å². The topological polar surface area (TPSA) is 50.7 Å². The molecule has 0 amide bonds. The minimum Gasteiger partial charge on any atom is -0.394 e. The molecule has 92 valence electrons. The van der Waals surface area contributed by atoms with Gasteiger partial charge < -0.3 is 19.9 Å². The fraction of sp³-hybridized carbons (Fsp3) is 1.00. The van der Waals surface area contributed by atoms with Gasteiger partial charge in [-0.25, -0.2) is 0 Å². The van der Waals surface area contributed by atoms with Crippen molar-refractivity contribution in [1.82, 2.24) is 5.32 Å². The number of ether oxygens (including phenoxy) is 2. The summed E-state index contributed by atoms with van der Waals surface area (Å²) in [5.74, 6) is 0. The zero-order valence-electron chi connectivity index (χ0n) is 10.4. The molecule has 0 rings (SSSR count). The van der Waals surface area contributed by atoms with E-state index < -0.39 is 0 Å². The first-order chi connectivity index (χ1) is 7.08. The maximum atomic E-state index is 9.29. The molecule has 4 nitrogen and oxygen atoms in total. The highest BCUT2D eigenvalue weighted by Crippen LogP contribution is 2.13. The van der Waals surface area contributed by atoms with Gasteiger partial charge in [0, 0.05) is 12.6 Å². The third-order valence-corrected chi connectivity index (χ3v) is 2.38. The molecule has 4 heteroatoms. The summed E-state index contributed by atoms with van der Waals surface area (Å²) < 4.78 is 10.5. The van der Waals surface area contributed by atoms with Gasteiger partial charge in [0.15, 0.2) is 0 Å². The molecular weight excluding hydrogens is 194 g/mol. The van der Waals surface area contributed by atoms with Gasteiger partial charge in [0.05, 0.1) is 25.9 Å². The first kappa shape index (κ1) is 14.8. The van der Waals surface area contributed by atoms with Crippen molar-refractivity contribution in [3.63, 3.8) is 0 Å². The molecule has 2 N–H and O–H groups in total. The summed E-state index contributed by atoms with van der Waals surface area (Å²) >= 11 is 0. The van der Waals surface area contributed by atoms with Crippen LogP contribution in [0.1, 0.15) is 27.2 Å². The standard InChI is InChI=1S/C11H25NO3/c1-5-12-11(3,9-13)8-10(2)15-7-6-14-4/h10,12-13H,5-9H2,1-4H3. The van der Waals surface area contributed by atoms with Crippen molar-refractivity contribution in [3.05, 3.63) is 0 Å². The predicted octanol–water partition coefficient (Wildman–Crippen LogP) is 0.788. The molecule has 0 heterocycles. The van der Waals surface area contributed by atoms with Crippen molar-refractivity contribution in [2.75, 3.05) is 33.5 Å². The number of rotatable bonds is 9. The Kier molecular flexibility index (Phi) is 7.96. The highest BCUT2D eigenvalue weighted by Gasteiger charge is 2.24. The maximum Gasteiger partial charge on any atom is 0.0703 e. The molecule has 0 radical (unpaired) electrons. The van der Waals surface area contributed by atoms with Crippen LogP contribution in [0, 0.1) is 0 Å². The van der Waals surface area contributed by atoms with Crippen molar-refractivity contribution < 1.29 is 14.6 Å². The molecule has 15 heavy (non-hydrogen) atoms. The zero-order valence-corrected chi connectivity index (χ0v) is 10.4. The first-order valence-electron chi connectivity index (χ1n) is 5.54. The van der Waals surface area contributed by atoms with E-state index in [0.717, 1.165) is 13.0 Å². The third kappa shape index (κ3) is 6.84. The minimum absolute atomic E-state index is 0.122. The maximum absolute atomic E-state index is 9.29. The predicted molar refractivity (Wildman–Crippen MR) is 61.1 cm³/mol. The number of aliphatic hydroxyl groups excluding tert-OH is 1. The molecule has 0 fully saturated rings. The SMILES string of the molecule is CCNC(C)(CO)CC(C)OCCOC. The Morgan fingerprint density at radius 3 is 2.53 bits per heavy atom. The van der Waals surface area contributed by atoms with E-state index in [0.29, 0.717) is 13.2 Å². The molecule has 2 atom stereocenters. The van der Waals surface area contributed by atoms with Crippen LogP contribution in [0.3, 0.4) is 0 Å². The van der Waals surface area contributed by atoms with Gasteiger partial charge in [-0.3, -0.25) is 0 Å². The summed E-state index contributed by atoms with van der Waals surface area (Å²) in [5.41, 5.74) is -0.249. The normalized spacial score (nSPS) is 17.4. The van der Waals surface area contributed by atoms with Gasteiger partial charge in [0.1, 0.15) is 0 Å². The number of hydrogen-bond acceptors (Lipinski definition) is 4. The van der Waals surface area contributed by atoms with Crippen LogP contribution in [-0.2, 0) is 9.47 Å². The highest BCUT2D eigenvalue weighted by atomic mass is 16.5. The van der Waals surface area contributed by atoms with E-state index in [1.54, 1.807) is 7.11 Å². The quantitative estimate of drug-likeness (QED) is 0.563. The Balaban J connectivity index is 3.84. The molecule has 0 spiro atoms. The number of methoxy groups -OCH3 is 1. The van der Waals surface area contributed by atoms with Crippen LogP contribution >= 0.6 is 0 Å². The van der Waals surface area contributed by atoms with E-state index >= 15 is 0 Å². The fourth-order valence-corrected chi connectivity index (χ4v) is 1.65. The number of hydrogen-bond donors (Lipinski definition) is 2. The molecular formula is C11H25NO3. The van der Waals surface area contributed by atoms with E-state index in [2.05, 4.69) is 5.32 Å². The van der Waals surface area contributed by atoms with Gasteiger partial charge >= 0.3 is 0 Å². The van der Waals surface area contributed by atoms with E-state index in [1.165, 1.54) is 0 Å². The zero-order chi connectivity index (χ0) is 11.7. The lowest BCUT2D eigenvalue weighted by atomic mass is 9.96. The van der Waals surface area contributed by atoms with Gasteiger partial charge in [-0.15, -0.1) is 0 Å². The first-order valence-corrected chi connectivity index (χ1v) is 5.54. The van der Waals surface area contributed by atoms with Crippen LogP contribution in [0.5, 0.6) is 0 Å². The molecule has 0 saturated heterocycles. The average Bonchev–Trinajstić information content (AvgIpc) is 2.18. The van der Waals surface area contributed by atoms with Crippen LogP contribution in [0.2, 0.25) is 0 Å².